The van der Waals surface area contributed by atoms with Crippen LogP contribution in [0, 0.1) is 17.2 Å². The molecule has 0 radical (unpaired) electrons. The molecule has 1 saturated heterocycles. The molecule has 0 amide bonds. The molecule has 2 N–H and O–H groups in total. The van der Waals surface area contributed by atoms with Crippen molar-refractivity contribution < 1.29 is 20.7 Å². The van der Waals surface area contributed by atoms with Gasteiger partial charge in [0.25, 0.3) is 0 Å². The van der Waals surface area contributed by atoms with Crippen LogP contribution in [-0.4, -0.2) is 58.7 Å². The first kappa shape index (κ1) is 30.4. The average Bonchev–Trinajstić information content (AvgIpc) is 2.94. The maximum absolute atomic E-state index is 9.16. The van der Waals surface area contributed by atoms with Gasteiger partial charge in [-0.25, -0.2) is 0 Å². The molecule has 206 valence electrons. The Morgan fingerprint density at radius 1 is 1.16 bits per heavy atom. The smallest absolute Gasteiger partial charge is 0.142 e. The van der Waals surface area contributed by atoms with Gasteiger partial charge in [0.1, 0.15) is 18.1 Å². The number of nitriles is 1. The van der Waals surface area contributed by atoms with Gasteiger partial charge in [0, 0.05) is 28.1 Å². The second-order valence-corrected chi connectivity index (χ2v) is 9.70. The third-order valence-electron chi connectivity index (χ3n) is 6.37. The molecule has 0 unspecified atom stereocenters. The van der Waals surface area contributed by atoms with Gasteiger partial charge in [0.2, 0.25) is 0 Å². The number of hydrogen-bond donors (Lipinski definition) is 2. The number of rotatable bonds is 8. The zero-order chi connectivity index (χ0) is 26.9. The predicted molar refractivity (Wildman–Crippen MR) is 152 cm³/mol. The summed E-state index contributed by atoms with van der Waals surface area (Å²) in [5, 5.41) is 20.5. The zero-order valence-electron chi connectivity index (χ0n) is 23.0. The topological polar surface area (TPSA) is 87.0 Å². The van der Waals surface area contributed by atoms with Crippen molar-refractivity contribution in [1.82, 2.24) is 5.32 Å². The van der Waals surface area contributed by atoms with Crippen molar-refractivity contribution in [2.24, 2.45) is 5.92 Å². The van der Waals surface area contributed by atoms with Crippen LogP contribution in [0.3, 0.4) is 0 Å². The van der Waals surface area contributed by atoms with Crippen molar-refractivity contribution in [3.05, 3.63) is 53.6 Å². The van der Waals surface area contributed by atoms with Gasteiger partial charge < -0.3 is 29.5 Å². The molecule has 0 aliphatic carbocycles. The largest absolute Gasteiger partial charge is 0.497 e. The molecule has 2 heterocycles. The van der Waals surface area contributed by atoms with E-state index in [0.29, 0.717) is 12.3 Å². The number of piperidine rings is 1. The van der Waals surface area contributed by atoms with Crippen molar-refractivity contribution >= 4 is 5.69 Å². The third-order valence-corrected chi connectivity index (χ3v) is 6.37. The van der Waals surface area contributed by atoms with E-state index in [1.54, 1.807) is 14.2 Å². The molecule has 4 rings (SSSR count). The van der Waals surface area contributed by atoms with Crippen LogP contribution in [0.2, 0.25) is 0 Å². The van der Waals surface area contributed by atoms with E-state index in [4.69, 9.17) is 24.6 Å². The molecule has 37 heavy (non-hydrogen) atoms. The van der Waals surface area contributed by atoms with Crippen LogP contribution in [0.5, 0.6) is 11.5 Å². The Bertz CT molecular complexity index is 928. The Hall–Kier alpha value is -2.79. The summed E-state index contributed by atoms with van der Waals surface area (Å²) in [5.41, 5.74) is 3.46. The first-order valence-corrected chi connectivity index (χ1v) is 13.3. The minimum absolute atomic E-state index is 0. The summed E-state index contributed by atoms with van der Waals surface area (Å²) in [6.07, 6.45) is 4.19. The molecule has 7 nitrogen and oxygen atoms in total. The van der Waals surface area contributed by atoms with E-state index in [9.17, 15) is 0 Å². The fourth-order valence-corrected chi connectivity index (χ4v) is 4.26. The quantitative estimate of drug-likeness (QED) is 0.458. The van der Waals surface area contributed by atoms with Crippen LogP contribution in [0.15, 0.2) is 42.5 Å². The van der Waals surface area contributed by atoms with E-state index in [-0.39, 0.29) is 8.03 Å². The highest BCUT2D eigenvalue weighted by molar-refractivity contribution is 5.61. The fraction of sp³-hybridized carbons (Fsp3) is 0.567. The lowest BCUT2D eigenvalue weighted by Gasteiger charge is -2.31. The normalized spacial score (nSPS) is 14.8. The van der Waals surface area contributed by atoms with Crippen molar-refractivity contribution in [3.63, 3.8) is 0 Å². The van der Waals surface area contributed by atoms with Gasteiger partial charge >= 0.3 is 0 Å². The zero-order valence-corrected chi connectivity index (χ0v) is 23.0. The minimum atomic E-state index is 0. The van der Waals surface area contributed by atoms with Gasteiger partial charge in [0.05, 0.1) is 32.0 Å². The Kier molecular flexibility index (Phi) is 14.5. The summed E-state index contributed by atoms with van der Waals surface area (Å²) in [7, 11) is 3.43. The van der Waals surface area contributed by atoms with Crippen molar-refractivity contribution in [3.8, 4) is 17.6 Å². The number of fused-ring (bicyclic) bond motifs is 1. The molecule has 7 heteroatoms. The van der Waals surface area contributed by atoms with Gasteiger partial charge in [-0.05, 0) is 79.6 Å². The number of hydrogen-bond acceptors (Lipinski definition) is 7. The van der Waals surface area contributed by atoms with E-state index >= 15 is 0 Å². The van der Waals surface area contributed by atoms with E-state index in [2.05, 4.69) is 40.6 Å². The van der Waals surface area contributed by atoms with Gasteiger partial charge in [-0.15, -0.1) is 0 Å². The van der Waals surface area contributed by atoms with Crippen molar-refractivity contribution in [2.75, 3.05) is 58.5 Å². The molecule has 2 aliphatic rings. The number of nitrogens with one attached hydrogen (secondary N) is 1. The average molecular weight is 514 g/mol. The molecule has 0 atom stereocenters. The lowest BCUT2D eigenvalue weighted by Crippen LogP contribution is -2.34. The maximum atomic E-state index is 9.16. The van der Waals surface area contributed by atoms with Crippen LogP contribution < -0.4 is 19.7 Å². The van der Waals surface area contributed by atoms with Crippen LogP contribution in [0.1, 0.15) is 58.0 Å². The number of anilines is 1. The summed E-state index contributed by atoms with van der Waals surface area (Å²) in [6, 6.07) is 16.4. The van der Waals surface area contributed by atoms with Gasteiger partial charge in [0.15, 0.2) is 0 Å². The predicted octanol–water partition coefficient (Wildman–Crippen LogP) is 5.38. The summed E-state index contributed by atoms with van der Waals surface area (Å²) >= 11 is 0. The summed E-state index contributed by atoms with van der Waals surface area (Å²) in [4.78, 5) is 2.29. The Morgan fingerprint density at radius 3 is 2.46 bits per heavy atom. The number of benzene rings is 2. The van der Waals surface area contributed by atoms with Crippen LogP contribution in [0.4, 0.5) is 5.69 Å². The second-order valence-electron chi connectivity index (χ2n) is 9.70. The highest BCUT2D eigenvalue weighted by Crippen LogP contribution is 2.32. The number of aliphatic hydroxyl groups excluding tert-OH is 1. The summed E-state index contributed by atoms with van der Waals surface area (Å²) in [6.45, 7) is 9.77. The minimum Gasteiger partial charge on any atom is -0.497 e. The summed E-state index contributed by atoms with van der Waals surface area (Å²) < 4.78 is 15.8. The third kappa shape index (κ3) is 11.0. The monoisotopic (exact) mass is 513 g/mol. The summed E-state index contributed by atoms with van der Waals surface area (Å²) in [5.74, 6) is 3.13. The van der Waals surface area contributed by atoms with E-state index in [1.165, 1.54) is 18.4 Å². The second kappa shape index (κ2) is 17.6. The van der Waals surface area contributed by atoms with Crippen LogP contribution >= 0.6 is 0 Å². The Labute approximate surface area is 224 Å². The van der Waals surface area contributed by atoms with Gasteiger partial charge in [-0.2, -0.15) is 5.26 Å². The molecular formula is C30H47N3O4. The van der Waals surface area contributed by atoms with E-state index in [0.717, 1.165) is 74.5 Å². The van der Waals surface area contributed by atoms with Crippen LogP contribution in [-0.2, 0) is 11.3 Å². The highest BCUT2D eigenvalue weighted by atomic mass is 16.5. The van der Waals surface area contributed by atoms with E-state index in [1.807, 2.05) is 32.0 Å². The molecule has 2 aromatic rings. The first-order valence-electron chi connectivity index (χ1n) is 13.3. The molecule has 2 aliphatic heterocycles. The Balaban J connectivity index is 0.000000311. The lowest BCUT2D eigenvalue weighted by molar-refractivity contribution is 0.195. The standard InChI is InChI=1S/C13H19NO3.C12H17NO.C5H9N.H2/c1-16-7-2-5-14-6-8-17-13-4-3-11(10-15)9-12(13)14;1-14-12-4-2-10(3-5-12)11-6-8-13-9-7-11;1-5(2)3-4-6;/h3-4,9,15H,2,5-8,10H2,1H3;2-5,11,13H,6-9H2,1H3;5H,3H2,1-2H3;1H. The number of aliphatic hydroxyl groups is 1. The molecule has 0 aromatic heterocycles. The molecule has 0 spiro atoms. The lowest BCUT2D eigenvalue weighted by atomic mass is 9.90. The number of nitrogens with zero attached hydrogens (tertiary/aromatic N) is 2. The van der Waals surface area contributed by atoms with Crippen molar-refractivity contribution in [2.45, 2.75) is 52.1 Å². The highest BCUT2D eigenvalue weighted by Gasteiger charge is 2.18. The molecule has 0 bridgehead atoms. The molecular weight excluding hydrogens is 466 g/mol. The maximum Gasteiger partial charge on any atom is 0.142 e. The van der Waals surface area contributed by atoms with Crippen LogP contribution in [0.25, 0.3) is 0 Å². The SMILES string of the molecule is CC(C)CC#N.COCCCN1CCOc2ccc(CO)cc21.COc1ccc(C2CCNCC2)cc1.[HH]. The van der Waals surface area contributed by atoms with Crippen molar-refractivity contribution in [1.29, 1.82) is 5.26 Å². The fourth-order valence-electron chi connectivity index (χ4n) is 4.26. The number of methoxy groups -OCH3 is 2. The molecule has 1 fully saturated rings. The number of ether oxygens (including phenoxy) is 3. The van der Waals surface area contributed by atoms with Gasteiger partial charge in [-0.3, -0.25) is 0 Å². The first-order chi connectivity index (χ1) is 18.0. The molecule has 0 saturated carbocycles. The molecule has 2 aromatic carbocycles. The Morgan fingerprint density at radius 2 is 1.89 bits per heavy atom. The van der Waals surface area contributed by atoms with E-state index < -0.39 is 0 Å². The van der Waals surface area contributed by atoms with Gasteiger partial charge in [-0.1, -0.05) is 32.0 Å².